The first-order chi connectivity index (χ1) is 13.7. The molecule has 28 heavy (non-hydrogen) atoms. The van der Waals surface area contributed by atoms with Gasteiger partial charge in [0.15, 0.2) is 0 Å². The van der Waals surface area contributed by atoms with E-state index in [1.165, 1.54) is 5.56 Å². The van der Waals surface area contributed by atoms with Gasteiger partial charge in [0, 0.05) is 29.1 Å². The van der Waals surface area contributed by atoms with Crippen LogP contribution < -0.4 is 9.80 Å². The first kappa shape index (κ1) is 17.3. The number of fused-ring (bicyclic) bond motifs is 2. The maximum atomic E-state index is 13.5. The molecule has 1 aromatic heterocycles. The smallest absolute Gasteiger partial charge is 0.150 e. The summed E-state index contributed by atoms with van der Waals surface area (Å²) >= 11 is 0. The Morgan fingerprint density at radius 1 is 0.964 bits per heavy atom. The minimum Gasteiger partial charge on any atom is -0.623 e. The third-order valence-electron chi connectivity index (χ3n) is 5.76. The fraction of sp³-hybridized carbons (Fsp3) is 0.250. The molecule has 2 N–H and O–H groups in total. The molecule has 0 saturated carbocycles. The number of para-hydroxylation sites is 1. The first-order valence-electron chi connectivity index (χ1n) is 10.0. The van der Waals surface area contributed by atoms with Crippen LogP contribution >= 0.6 is 0 Å². The Kier molecular flexibility index (Phi) is 4.11. The van der Waals surface area contributed by atoms with Gasteiger partial charge in [-0.1, -0.05) is 44.0 Å². The minimum absolute atomic E-state index is 0.0642. The van der Waals surface area contributed by atoms with Crippen LogP contribution in [0.1, 0.15) is 31.7 Å². The third kappa shape index (κ3) is 2.53. The van der Waals surface area contributed by atoms with Gasteiger partial charge in [0.05, 0.1) is 23.0 Å². The molecular weight excluding hydrogens is 348 g/mol. The second kappa shape index (κ2) is 6.66. The maximum Gasteiger partial charge on any atom is 0.150 e. The number of aromatic nitrogens is 1. The van der Waals surface area contributed by atoms with Crippen molar-refractivity contribution < 1.29 is 9.80 Å². The summed E-state index contributed by atoms with van der Waals surface area (Å²) in [4.78, 5) is 3.56. The fourth-order valence-corrected chi connectivity index (χ4v) is 4.34. The highest BCUT2D eigenvalue weighted by molar-refractivity contribution is 6.20. The summed E-state index contributed by atoms with van der Waals surface area (Å²) < 4.78 is 6.01. The molecule has 0 radical (unpaired) electrons. The monoisotopic (exact) mass is 372 g/mol. The standard InChI is InChI=1S/C24H24N2O2/c1-3-4-7-12-28-16-13-19-23-21(14-16)26(27)20-9-6-5-8-17(20)18-11-10-15(2)24(25-19)22(18)23/h5-6,8-11,13-14,25-26H,3-4,7,12H2,1-2H3. The van der Waals surface area contributed by atoms with Crippen LogP contribution in [0.5, 0.6) is 5.75 Å². The Morgan fingerprint density at radius 2 is 1.82 bits per heavy atom. The lowest BCUT2D eigenvalue weighted by Crippen LogP contribution is -2.96. The Morgan fingerprint density at radius 3 is 2.68 bits per heavy atom. The Hall–Kier alpha value is -2.82. The SMILES string of the molecule is CCCCCOc1cc2c3c(c1)[nH]c1c(C)ccc(c13)-c1ccccc1[NH+]2[O-]. The highest BCUT2D eigenvalue weighted by Gasteiger charge is 2.26. The minimum atomic E-state index is 0.0642. The lowest BCUT2D eigenvalue weighted by atomic mass is 9.97. The van der Waals surface area contributed by atoms with E-state index in [1.807, 2.05) is 36.4 Å². The summed E-state index contributed by atoms with van der Waals surface area (Å²) in [5.41, 5.74) is 6.85. The number of aromatic amines is 1. The topological polar surface area (TPSA) is 52.5 Å². The number of quaternary nitrogens is 1. The van der Waals surface area contributed by atoms with Crippen molar-refractivity contribution in [2.24, 2.45) is 0 Å². The summed E-state index contributed by atoms with van der Waals surface area (Å²) in [7, 11) is 0. The van der Waals surface area contributed by atoms with Gasteiger partial charge in [-0.05, 0) is 30.5 Å². The van der Waals surface area contributed by atoms with E-state index in [9.17, 15) is 5.21 Å². The number of nitrogens with one attached hydrogen (secondary N) is 2. The molecule has 4 heteroatoms. The van der Waals surface area contributed by atoms with Gasteiger partial charge in [0.2, 0.25) is 0 Å². The van der Waals surface area contributed by atoms with Crippen LogP contribution in [0.4, 0.5) is 11.4 Å². The van der Waals surface area contributed by atoms with Crippen molar-refractivity contribution in [3.8, 4) is 16.9 Å². The van der Waals surface area contributed by atoms with E-state index in [-0.39, 0.29) is 5.06 Å². The molecule has 0 amide bonds. The van der Waals surface area contributed by atoms with Gasteiger partial charge in [-0.3, -0.25) is 0 Å². The number of ether oxygens (including phenoxy) is 1. The van der Waals surface area contributed by atoms with Gasteiger partial charge >= 0.3 is 0 Å². The van der Waals surface area contributed by atoms with Gasteiger partial charge < -0.3 is 20.0 Å². The molecule has 3 aromatic carbocycles. The second-order valence-corrected chi connectivity index (χ2v) is 7.63. The molecule has 1 atom stereocenters. The fourth-order valence-electron chi connectivity index (χ4n) is 4.34. The molecule has 0 aliphatic carbocycles. The zero-order valence-corrected chi connectivity index (χ0v) is 16.3. The molecule has 0 fully saturated rings. The van der Waals surface area contributed by atoms with Crippen molar-refractivity contribution >= 4 is 33.2 Å². The molecule has 0 saturated heterocycles. The number of rotatable bonds is 5. The third-order valence-corrected chi connectivity index (χ3v) is 5.76. The summed E-state index contributed by atoms with van der Waals surface area (Å²) in [6.07, 6.45) is 3.33. The lowest BCUT2D eigenvalue weighted by Gasteiger charge is -2.23. The van der Waals surface area contributed by atoms with Gasteiger partial charge in [0.1, 0.15) is 17.1 Å². The van der Waals surface area contributed by atoms with Crippen molar-refractivity contribution in [2.45, 2.75) is 33.1 Å². The van der Waals surface area contributed by atoms with E-state index < -0.39 is 0 Å². The van der Waals surface area contributed by atoms with E-state index in [1.54, 1.807) is 0 Å². The molecule has 4 nitrogen and oxygen atoms in total. The molecule has 1 aliphatic rings. The average molecular weight is 372 g/mol. The maximum absolute atomic E-state index is 13.5. The van der Waals surface area contributed by atoms with Crippen LogP contribution in [0.15, 0.2) is 48.5 Å². The summed E-state index contributed by atoms with van der Waals surface area (Å²) in [5, 5.41) is 15.7. The van der Waals surface area contributed by atoms with E-state index in [0.717, 1.165) is 69.3 Å². The van der Waals surface area contributed by atoms with E-state index in [2.05, 4.69) is 31.0 Å². The number of hydrogen-bond donors (Lipinski definition) is 2. The molecule has 0 spiro atoms. The number of H-pyrrole nitrogens is 1. The van der Waals surface area contributed by atoms with Crippen molar-refractivity contribution in [1.29, 1.82) is 0 Å². The average Bonchev–Trinajstić information content (AvgIpc) is 3.06. The lowest BCUT2D eigenvalue weighted by molar-refractivity contribution is -0.696. The first-order valence-corrected chi connectivity index (χ1v) is 10.0. The van der Waals surface area contributed by atoms with Crippen LogP contribution in [0.2, 0.25) is 0 Å². The predicted octanol–water partition coefficient (Wildman–Crippen LogP) is 5.52. The normalized spacial score (nSPS) is 15.2. The number of unbranched alkanes of at least 4 members (excludes halogenated alkanes) is 2. The molecule has 142 valence electrons. The molecule has 2 heterocycles. The van der Waals surface area contributed by atoms with Crippen molar-refractivity contribution in [2.75, 3.05) is 6.61 Å². The largest absolute Gasteiger partial charge is 0.623 e. The van der Waals surface area contributed by atoms with E-state index in [0.29, 0.717) is 6.61 Å². The van der Waals surface area contributed by atoms with Gasteiger partial charge in [-0.15, -0.1) is 0 Å². The summed E-state index contributed by atoms with van der Waals surface area (Å²) in [6, 6.07) is 16.1. The van der Waals surface area contributed by atoms with Gasteiger partial charge in [-0.25, -0.2) is 0 Å². The molecule has 4 aromatic rings. The zero-order chi connectivity index (χ0) is 19.3. The Labute approximate surface area is 164 Å². The molecule has 0 bridgehead atoms. The van der Waals surface area contributed by atoms with Crippen molar-refractivity contribution in [1.82, 2.24) is 4.98 Å². The number of aryl methyl sites for hydroxylation is 1. The number of benzene rings is 3. The van der Waals surface area contributed by atoms with Crippen LogP contribution in [0.25, 0.3) is 32.9 Å². The highest BCUT2D eigenvalue weighted by atomic mass is 16.5. The Bertz CT molecular complexity index is 1190. The van der Waals surface area contributed by atoms with E-state index >= 15 is 0 Å². The summed E-state index contributed by atoms with van der Waals surface area (Å²) in [6.45, 7) is 4.96. The predicted molar refractivity (Wildman–Crippen MR) is 115 cm³/mol. The van der Waals surface area contributed by atoms with Crippen molar-refractivity contribution in [3.63, 3.8) is 0 Å². The van der Waals surface area contributed by atoms with E-state index in [4.69, 9.17) is 4.74 Å². The van der Waals surface area contributed by atoms with Gasteiger partial charge in [-0.2, -0.15) is 0 Å². The van der Waals surface area contributed by atoms with Gasteiger partial charge in [0.25, 0.3) is 0 Å². The molecular formula is C24H24N2O2. The van der Waals surface area contributed by atoms with Crippen molar-refractivity contribution in [3.05, 3.63) is 59.3 Å². The zero-order valence-electron chi connectivity index (χ0n) is 16.3. The van der Waals surface area contributed by atoms with Crippen LogP contribution in [0, 0.1) is 12.1 Å². The van der Waals surface area contributed by atoms with Crippen LogP contribution in [0.3, 0.4) is 0 Å². The second-order valence-electron chi connectivity index (χ2n) is 7.63. The highest BCUT2D eigenvalue weighted by Crippen LogP contribution is 2.44. The molecule has 1 unspecified atom stereocenters. The quantitative estimate of drug-likeness (QED) is 0.358. The van der Waals surface area contributed by atoms with Crippen LogP contribution in [-0.2, 0) is 0 Å². The number of hydrogen-bond acceptors (Lipinski definition) is 2. The summed E-state index contributed by atoms with van der Waals surface area (Å²) in [5.74, 6) is 0.761. The van der Waals surface area contributed by atoms with Crippen LogP contribution in [-0.4, -0.2) is 11.6 Å². The Balaban J connectivity index is 1.78. The molecule has 5 rings (SSSR count). The molecule has 1 aliphatic heterocycles.